The lowest BCUT2D eigenvalue weighted by atomic mass is 9.75. The highest BCUT2D eigenvalue weighted by Gasteiger charge is 2.31. The lowest BCUT2D eigenvalue weighted by Crippen LogP contribution is -2.34. The van der Waals surface area contributed by atoms with Crippen molar-refractivity contribution in [2.45, 2.75) is 65.4 Å². The van der Waals surface area contributed by atoms with Crippen LogP contribution in [0, 0.1) is 17.8 Å². The number of hydrogen-bond acceptors (Lipinski definition) is 3. The number of rotatable bonds is 8. The van der Waals surface area contributed by atoms with Crippen LogP contribution < -0.4 is 0 Å². The highest BCUT2D eigenvalue weighted by atomic mass is 35.7. The molecule has 0 radical (unpaired) electrons. The molecular weight excluding hydrogens is 296 g/mol. The quantitative estimate of drug-likeness (QED) is 0.496. The van der Waals surface area contributed by atoms with Gasteiger partial charge in [-0.15, -0.1) is 0 Å². The summed E-state index contributed by atoms with van der Waals surface area (Å²) in [6.07, 6.45) is 6.55. The van der Waals surface area contributed by atoms with Crippen molar-refractivity contribution in [3.05, 3.63) is 0 Å². The van der Waals surface area contributed by atoms with Gasteiger partial charge in [-0.3, -0.25) is 0 Å². The zero-order valence-corrected chi connectivity index (χ0v) is 14.5. The van der Waals surface area contributed by atoms with Gasteiger partial charge in [-0.25, -0.2) is 8.42 Å². The Hall–Kier alpha value is 0.200. The van der Waals surface area contributed by atoms with E-state index in [0.29, 0.717) is 24.4 Å². The molecule has 0 bridgehead atoms. The van der Waals surface area contributed by atoms with Crippen molar-refractivity contribution < 1.29 is 13.2 Å². The molecule has 120 valence electrons. The van der Waals surface area contributed by atoms with Crippen molar-refractivity contribution in [3.63, 3.8) is 0 Å². The lowest BCUT2D eigenvalue weighted by molar-refractivity contribution is -0.0393. The normalized spacial score (nSPS) is 27.9. The van der Waals surface area contributed by atoms with E-state index in [9.17, 15) is 8.42 Å². The maximum absolute atomic E-state index is 10.8. The fourth-order valence-electron chi connectivity index (χ4n) is 3.09. The van der Waals surface area contributed by atoms with Gasteiger partial charge >= 0.3 is 0 Å². The van der Waals surface area contributed by atoms with E-state index < -0.39 is 9.05 Å². The second-order valence-electron chi connectivity index (χ2n) is 6.54. The van der Waals surface area contributed by atoms with Crippen molar-refractivity contribution in [1.29, 1.82) is 0 Å². The number of ether oxygens (including phenoxy) is 1. The molecule has 3 atom stereocenters. The molecule has 0 aliphatic heterocycles. The van der Waals surface area contributed by atoms with Gasteiger partial charge in [0.2, 0.25) is 9.05 Å². The Bertz CT molecular complexity index is 367. The molecular formula is C15H29ClO3S. The van der Waals surface area contributed by atoms with E-state index in [1.165, 1.54) is 19.3 Å². The molecule has 1 rings (SSSR count). The monoisotopic (exact) mass is 324 g/mol. The summed E-state index contributed by atoms with van der Waals surface area (Å²) in [5, 5.41) is 0. The summed E-state index contributed by atoms with van der Waals surface area (Å²) < 4.78 is 27.7. The Labute approximate surface area is 128 Å². The first-order valence-electron chi connectivity index (χ1n) is 7.83. The zero-order valence-electron chi connectivity index (χ0n) is 13.0. The largest absolute Gasteiger partial charge is 0.378 e. The third-order valence-electron chi connectivity index (χ3n) is 4.33. The van der Waals surface area contributed by atoms with Crippen LogP contribution in [0.3, 0.4) is 0 Å². The van der Waals surface area contributed by atoms with Crippen molar-refractivity contribution in [2.24, 2.45) is 17.8 Å². The molecule has 0 aromatic rings. The van der Waals surface area contributed by atoms with Crippen LogP contribution in [0.15, 0.2) is 0 Å². The van der Waals surface area contributed by atoms with Crippen LogP contribution in [0.4, 0.5) is 0 Å². The Morgan fingerprint density at radius 2 is 1.90 bits per heavy atom. The summed E-state index contributed by atoms with van der Waals surface area (Å²) >= 11 is 0. The average molecular weight is 325 g/mol. The summed E-state index contributed by atoms with van der Waals surface area (Å²) in [6, 6.07) is 0. The smallest absolute Gasteiger partial charge is 0.232 e. The second-order valence-corrected chi connectivity index (χ2v) is 9.44. The van der Waals surface area contributed by atoms with Crippen LogP contribution in [0.2, 0.25) is 0 Å². The van der Waals surface area contributed by atoms with Gasteiger partial charge in [0.15, 0.2) is 0 Å². The highest BCUT2D eigenvalue weighted by Crippen LogP contribution is 2.35. The number of unbranched alkanes of at least 4 members (excludes halogenated alkanes) is 2. The molecule has 0 aromatic heterocycles. The van der Waals surface area contributed by atoms with Gasteiger partial charge < -0.3 is 4.74 Å². The summed E-state index contributed by atoms with van der Waals surface area (Å²) in [6.45, 7) is 7.60. The summed E-state index contributed by atoms with van der Waals surface area (Å²) in [4.78, 5) is 0. The van der Waals surface area contributed by atoms with E-state index in [1.54, 1.807) is 0 Å². The van der Waals surface area contributed by atoms with Crippen LogP contribution in [0.25, 0.3) is 0 Å². The fraction of sp³-hybridized carbons (Fsp3) is 1.00. The van der Waals surface area contributed by atoms with E-state index in [4.69, 9.17) is 15.4 Å². The van der Waals surface area contributed by atoms with Gasteiger partial charge in [-0.2, -0.15) is 0 Å². The molecule has 3 unspecified atom stereocenters. The third kappa shape index (κ3) is 7.28. The first kappa shape index (κ1) is 18.2. The van der Waals surface area contributed by atoms with Gasteiger partial charge in [0.1, 0.15) is 0 Å². The number of hydrogen-bond donors (Lipinski definition) is 0. The minimum absolute atomic E-state index is 0.0731. The fourth-order valence-corrected chi connectivity index (χ4v) is 3.97. The van der Waals surface area contributed by atoms with E-state index in [1.807, 2.05) is 0 Å². The van der Waals surface area contributed by atoms with Crippen LogP contribution in [0.1, 0.15) is 59.3 Å². The Morgan fingerprint density at radius 3 is 2.50 bits per heavy atom. The highest BCUT2D eigenvalue weighted by molar-refractivity contribution is 8.13. The second kappa shape index (κ2) is 8.60. The molecule has 1 saturated carbocycles. The van der Waals surface area contributed by atoms with Gasteiger partial charge in [0, 0.05) is 17.3 Å². The van der Waals surface area contributed by atoms with E-state index >= 15 is 0 Å². The molecule has 0 N–H and O–H groups in total. The van der Waals surface area contributed by atoms with Crippen molar-refractivity contribution in [3.8, 4) is 0 Å². The van der Waals surface area contributed by atoms with Gasteiger partial charge in [0.05, 0.1) is 11.9 Å². The first-order valence-corrected chi connectivity index (χ1v) is 10.3. The topological polar surface area (TPSA) is 43.4 Å². The molecule has 0 amide bonds. The number of halogens is 1. The lowest BCUT2D eigenvalue weighted by Gasteiger charge is -2.37. The minimum Gasteiger partial charge on any atom is -0.378 e. The Balaban J connectivity index is 2.21. The summed E-state index contributed by atoms with van der Waals surface area (Å²) in [5.74, 6) is 2.18. The van der Waals surface area contributed by atoms with Gasteiger partial charge in [-0.05, 0) is 43.4 Å². The standard InChI is InChI=1S/C15H29ClO3S/c1-12(2)14-8-7-13(3)11-15(14)19-9-5-4-6-10-20(16,17)18/h12-15H,4-11H2,1-3H3. The van der Waals surface area contributed by atoms with Gasteiger partial charge in [-0.1, -0.05) is 33.6 Å². The predicted molar refractivity (Wildman–Crippen MR) is 84.6 cm³/mol. The molecule has 1 aliphatic carbocycles. The van der Waals surface area contributed by atoms with Crippen LogP contribution >= 0.6 is 10.7 Å². The van der Waals surface area contributed by atoms with Crippen LogP contribution in [-0.2, 0) is 13.8 Å². The van der Waals surface area contributed by atoms with Crippen molar-refractivity contribution in [2.75, 3.05) is 12.4 Å². The Morgan fingerprint density at radius 1 is 1.20 bits per heavy atom. The SMILES string of the molecule is CC1CCC(C(C)C)C(OCCCCCS(=O)(=O)Cl)C1. The van der Waals surface area contributed by atoms with E-state index in [0.717, 1.165) is 25.4 Å². The molecule has 3 nitrogen and oxygen atoms in total. The maximum Gasteiger partial charge on any atom is 0.232 e. The Kier molecular flexibility index (Phi) is 7.84. The van der Waals surface area contributed by atoms with Crippen molar-refractivity contribution >= 4 is 19.7 Å². The molecule has 0 aromatic carbocycles. The van der Waals surface area contributed by atoms with Crippen molar-refractivity contribution in [1.82, 2.24) is 0 Å². The molecule has 0 heterocycles. The predicted octanol–water partition coefficient (Wildman–Crippen LogP) is 4.20. The molecule has 1 fully saturated rings. The van der Waals surface area contributed by atoms with Crippen LogP contribution in [0.5, 0.6) is 0 Å². The average Bonchev–Trinajstić information content (AvgIpc) is 2.32. The molecule has 20 heavy (non-hydrogen) atoms. The minimum atomic E-state index is -3.33. The summed E-state index contributed by atoms with van der Waals surface area (Å²) in [5.41, 5.74) is 0. The molecule has 0 saturated heterocycles. The maximum atomic E-state index is 10.8. The van der Waals surface area contributed by atoms with Crippen LogP contribution in [-0.4, -0.2) is 26.9 Å². The zero-order chi connectivity index (χ0) is 15.2. The molecule has 5 heteroatoms. The molecule has 1 aliphatic rings. The van der Waals surface area contributed by atoms with Gasteiger partial charge in [0.25, 0.3) is 0 Å². The van der Waals surface area contributed by atoms with E-state index in [2.05, 4.69) is 20.8 Å². The summed E-state index contributed by atoms with van der Waals surface area (Å²) in [7, 11) is 1.85. The first-order chi connectivity index (χ1) is 9.29. The molecule has 0 spiro atoms. The van der Waals surface area contributed by atoms with E-state index in [-0.39, 0.29) is 5.75 Å². The third-order valence-corrected chi connectivity index (χ3v) is 5.56.